The SMILES string of the molecule is Cc1cc(C)cc(-c2c(C3=[N+](C)CC(C)(C)O3)ccc3ccccc23)c1.[I-]. The molecule has 0 radical (unpaired) electrons. The Bertz CT molecular complexity index is 1030. The van der Waals surface area contributed by atoms with E-state index in [0.29, 0.717) is 0 Å². The fourth-order valence-corrected chi connectivity index (χ4v) is 4.16. The topological polar surface area (TPSA) is 12.2 Å². The van der Waals surface area contributed by atoms with Gasteiger partial charge in [0.05, 0.1) is 5.56 Å². The first-order valence-electron chi connectivity index (χ1n) is 9.22. The highest BCUT2D eigenvalue weighted by Gasteiger charge is 2.39. The molecule has 140 valence electrons. The molecule has 0 saturated heterocycles. The van der Waals surface area contributed by atoms with Crippen LogP contribution in [-0.2, 0) is 4.74 Å². The van der Waals surface area contributed by atoms with Gasteiger partial charge in [-0.25, -0.2) is 0 Å². The summed E-state index contributed by atoms with van der Waals surface area (Å²) in [4.78, 5) is 0. The van der Waals surface area contributed by atoms with Gasteiger partial charge in [0.1, 0.15) is 7.05 Å². The predicted octanol–water partition coefficient (Wildman–Crippen LogP) is 2.33. The largest absolute Gasteiger partial charge is 1.00 e. The molecule has 0 aromatic heterocycles. The number of hydrogen-bond acceptors (Lipinski definition) is 1. The third-order valence-electron chi connectivity index (χ3n) is 5.01. The molecular formula is C24H26INO. The summed E-state index contributed by atoms with van der Waals surface area (Å²) >= 11 is 0. The maximum absolute atomic E-state index is 6.36. The van der Waals surface area contributed by atoms with Gasteiger partial charge in [0, 0.05) is 5.56 Å². The second-order valence-corrected chi connectivity index (χ2v) is 8.11. The van der Waals surface area contributed by atoms with Gasteiger partial charge >= 0.3 is 5.90 Å². The third-order valence-corrected chi connectivity index (χ3v) is 5.01. The lowest BCUT2D eigenvalue weighted by molar-refractivity contribution is -0.493. The Balaban J connectivity index is 0.00000210. The zero-order valence-electron chi connectivity index (χ0n) is 16.6. The van der Waals surface area contributed by atoms with Crippen LogP contribution in [0.4, 0.5) is 0 Å². The minimum Gasteiger partial charge on any atom is -1.00 e. The lowest BCUT2D eigenvalue weighted by Crippen LogP contribution is -3.00. The summed E-state index contributed by atoms with van der Waals surface area (Å²) in [6, 6.07) is 19.8. The van der Waals surface area contributed by atoms with Crippen LogP contribution in [0.3, 0.4) is 0 Å². The number of rotatable bonds is 2. The molecule has 4 rings (SSSR count). The van der Waals surface area contributed by atoms with E-state index in [1.54, 1.807) is 0 Å². The molecule has 2 nitrogen and oxygen atoms in total. The van der Waals surface area contributed by atoms with Crippen molar-refractivity contribution in [1.82, 2.24) is 0 Å². The number of halogens is 1. The van der Waals surface area contributed by atoms with E-state index in [0.717, 1.165) is 12.4 Å². The first kappa shape index (κ1) is 19.9. The summed E-state index contributed by atoms with van der Waals surface area (Å²) < 4.78 is 8.59. The number of nitrogens with zero attached hydrogens (tertiary/aromatic N) is 1. The Morgan fingerprint density at radius 1 is 0.926 bits per heavy atom. The molecule has 0 aliphatic carbocycles. The van der Waals surface area contributed by atoms with E-state index in [9.17, 15) is 0 Å². The molecular weight excluding hydrogens is 445 g/mol. The Morgan fingerprint density at radius 3 is 2.22 bits per heavy atom. The summed E-state index contributed by atoms with van der Waals surface area (Å²) in [6.07, 6.45) is 0. The highest BCUT2D eigenvalue weighted by atomic mass is 127. The molecule has 1 heterocycles. The van der Waals surface area contributed by atoms with Crippen molar-refractivity contribution in [2.75, 3.05) is 13.6 Å². The predicted molar refractivity (Wildman–Crippen MR) is 109 cm³/mol. The van der Waals surface area contributed by atoms with Crippen molar-refractivity contribution in [3.63, 3.8) is 0 Å². The van der Waals surface area contributed by atoms with Crippen LogP contribution in [-0.4, -0.2) is 29.7 Å². The highest BCUT2D eigenvalue weighted by Crippen LogP contribution is 2.35. The molecule has 0 amide bonds. The van der Waals surface area contributed by atoms with Gasteiger partial charge in [0.15, 0.2) is 12.1 Å². The standard InChI is InChI=1S/C24H26NO.HI/c1-16-12-17(2)14-19(13-16)22-20-9-7-6-8-18(20)10-11-21(22)23-25(5)15-24(3,4)26-23;/h6-14H,15H2,1-5H3;1H/q+1;/p-1. The van der Waals surface area contributed by atoms with Gasteiger partial charge in [-0.15, -0.1) is 0 Å². The lowest BCUT2D eigenvalue weighted by Gasteiger charge is -2.16. The minimum absolute atomic E-state index is 0. The molecule has 0 atom stereocenters. The lowest BCUT2D eigenvalue weighted by atomic mass is 9.91. The van der Waals surface area contributed by atoms with Crippen molar-refractivity contribution < 1.29 is 33.3 Å². The van der Waals surface area contributed by atoms with Crippen LogP contribution in [0.25, 0.3) is 21.9 Å². The van der Waals surface area contributed by atoms with Crippen LogP contribution in [0.5, 0.6) is 0 Å². The fourth-order valence-electron chi connectivity index (χ4n) is 4.16. The van der Waals surface area contributed by atoms with E-state index < -0.39 is 0 Å². The molecule has 3 heteroatoms. The van der Waals surface area contributed by atoms with Crippen molar-refractivity contribution in [3.8, 4) is 11.1 Å². The fraction of sp³-hybridized carbons (Fsp3) is 0.292. The van der Waals surface area contributed by atoms with Crippen molar-refractivity contribution in [2.45, 2.75) is 33.3 Å². The van der Waals surface area contributed by atoms with E-state index in [-0.39, 0.29) is 29.6 Å². The average Bonchev–Trinajstić information content (AvgIpc) is 2.85. The zero-order valence-corrected chi connectivity index (χ0v) is 18.8. The van der Waals surface area contributed by atoms with E-state index in [4.69, 9.17) is 4.74 Å². The Kier molecular flexibility index (Phi) is 5.35. The average molecular weight is 471 g/mol. The van der Waals surface area contributed by atoms with Crippen molar-refractivity contribution in [3.05, 3.63) is 71.3 Å². The van der Waals surface area contributed by atoms with Crippen molar-refractivity contribution >= 4 is 16.7 Å². The van der Waals surface area contributed by atoms with Gasteiger partial charge in [0.2, 0.25) is 0 Å². The molecule has 0 unspecified atom stereocenters. The second kappa shape index (κ2) is 7.27. The quantitative estimate of drug-likeness (QED) is 0.413. The summed E-state index contributed by atoms with van der Waals surface area (Å²) in [5.74, 6) is 0.968. The number of likely N-dealkylation sites (N-methyl/N-ethyl adjacent to an activating group) is 1. The zero-order chi connectivity index (χ0) is 18.5. The van der Waals surface area contributed by atoms with Crippen molar-refractivity contribution in [2.24, 2.45) is 0 Å². The van der Waals surface area contributed by atoms with E-state index >= 15 is 0 Å². The molecule has 0 bridgehead atoms. The second-order valence-electron chi connectivity index (χ2n) is 8.11. The molecule has 27 heavy (non-hydrogen) atoms. The first-order valence-corrected chi connectivity index (χ1v) is 9.22. The normalized spacial score (nSPS) is 15.6. The van der Waals surface area contributed by atoms with E-state index in [1.807, 2.05) is 0 Å². The molecule has 0 N–H and O–H groups in total. The Labute approximate surface area is 178 Å². The van der Waals surface area contributed by atoms with Gasteiger partial charge in [-0.05, 0) is 50.1 Å². The number of hydrogen-bond donors (Lipinski definition) is 0. The Hall–Kier alpha value is -1.88. The van der Waals surface area contributed by atoms with E-state index in [1.165, 1.54) is 38.6 Å². The van der Waals surface area contributed by atoms with Gasteiger partial charge < -0.3 is 28.7 Å². The minimum atomic E-state index is -0.171. The molecule has 1 aliphatic rings. The van der Waals surface area contributed by atoms with Gasteiger partial charge in [0.25, 0.3) is 0 Å². The Morgan fingerprint density at radius 2 is 1.59 bits per heavy atom. The maximum atomic E-state index is 6.36. The van der Waals surface area contributed by atoms with Crippen LogP contribution < -0.4 is 24.0 Å². The first-order chi connectivity index (χ1) is 12.3. The van der Waals surface area contributed by atoms with Gasteiger partial charge in [-0.1, -0.05) is 59.7 Å². The third kappa shape index (κ3) is 3.75. The highest BCUT2D eigenvalue weighted by molar-refractivity contribution is 6.08. The number of ether oxygens (including phenoxy) is 1. The maximum Gasteiger partial charge on any atom is 0.371 e. The van der Waals surface area contributed by atoms with Crippen LogP contribution >= 0.6 is 0 Å². The molecule has 1 aliphatic heterocycles. The van der Waals surface area contributed by atoms with Crippen LogP contribution in [0.2, 0.25) is 0 Å². The summed E-state index contributed by atoms with van der Waals surface area (Å²) in [6.45, 7) is 9.51. The summed E-state index contributed by atoms with van der Waals surface area (Å²) in [5.41, 5.74) is 6.07. The van der Waals surface area contributed by atoms with Gasteiger partial charge in [-0.3, -0.25) is 0 Å². The van der Waals surface area contributed by atoms with Crippen LogP contribution in [0.1, 0.15) is 30.5 Å². The molecule has 0 spiro atoms. The van der Waals surface area contributed by atoms with Crippen LogP contribution in [0, 0.1) is 13.8 Å². The smallest absolute Gasteiger partial charge is 0.371 e. The van der Waals surface area contributed by atoms with Crippen LogP contribution in [0.15, 0.2) is 54.6 Å². The number of aryl methyl sites for hydroxylation is 2. The molecule has 3 aromatic rings. The number of benzene rings is 3. The molecule has 0 fully saturated rings. The molecule has 3 aromatic carbocycles. The van der Waals surface area contributed by atoms with E-state index in [2.05, 4.69) is 93.9 Å². The number of fused-ring (bicyclic) bond motifs is 1. The van der Waals surface area contributed by atoms with Gasteiger partial charge in [-0.2, -0.15) is 4.58 Å². The molecule has 0 saturated carbocycles. The summed E-state index contributed by atoms with van der Waals surface area (Å²) in [5, 5.41) is 2.52. The summed E-state index contributed by atoms with van der Waals surface area (Å²) in [7, 11) is 2.12. The van der Waals surface area contributed by atoms with Crippen molar-refractivity contribution in [1.29, 1.82) is 0 Å². The monoisotopic (exact) mass is 471 g/mol.